The standard InChI is InChI=1S/C13H19N3O2/c1-13(2)11(15-7-8-16-12(14)17)9-5-3-4-6-10(9)18-13/h3-6,11,15H,7-8H2,1-2H3,(H3,14,16,17). The number of rotatable bonds is 4. The molecule has 18 heavy (non-hydrogen) atoms. The van der Waals surface area contributed by atoms with Gasteiger partial charge >= 0.3 is 6.03 Å². The van der Waals surface area contributed by atoms with Crippen LogP contribution in [0.2, 0.25) is 0 Å². The third-order valence-corrected chi connectivity index (χ3v) is 3.07. The largest absolute Gasteiger partial charge is 0.486 e. The highest BCUT2D eigenvalue weighted by atomic mass is 16.5. The zero-order chi connectivity index (χ0) is 13.2. The van der Waals surface area contributed by atoms with Crippen molar-refractivity contribution >= 4 is 6.03 Å². The van der Waals surface area contributed by atoms with Gasteiger partial charge in [0, 0.05) is 18.7 Å². The quantitative estimate of drug-likeness (QED) is 0.701. The van der Waals surface area contributed by atoms with Gasteiger partial charge in [0.05, 0.1) is 6.04 Å². The third kappa shape index (κ3) is 2.56. The van der Waals surface area contributed by atoms with Crippen LogP contribution < -0.4 is 21.1 Å². The number of para-hydroxylation sites is 1. The van der Waals surface area contributed by atoms with Gasteiger partial charge in [-0.1, -0.05) is 18.2 Å². The lowest BCUT2D eigenvalue weighted by molar-refractivity contribution is 0.0968. The van der Waals surface area contributed by atoms with Crippen molar-refractivity contribution in [3.63, 3.8) is 0 Å². The highest BCUT2D eigenvalue weighted by Gasteiger charge is 2.40. The van der Waals surface area contributed by atoms with Gasteiger partial charge in [-0.15, -0.1) is 0 Å². The Bertz CT molecular complexity index is 446. The first-order valence-electron chi connectivity index (χ1n) is 6.05. The first-order chi connectivity index (χ1) is 8.50. The molecular formula is C13H19N3O2. The number of nitrogens with one attached hydrogen (secondary N) is 2. The van der Waals surface area contributed by atoms with Crippen molar-refractivity contribution in [1.29, 1.82) is 0 Å². The number of benzene rings is 1. The van der Waals surface area contributed by atoms with Crippen LogP contribution in [0.4, 0.5) is 4.79 Å². The molecule has 2 rings (SSSR count). The van der Waals surface area contributed by atoms with Crippen molar-refractivity contribution < 1.29 is 9.53 Å². The molecule has 1 atom stereocenters. The Morgan fingerprint density at radius 3 is 2.83 bits per heavy atom. The Hall–Kier alpha value is -1.75. The van der Waals surface area contributed by atoms with Crippen LogP contribution in [0, 0.1) is 0 Å². The van der Waals surface area contributed by atoms with Gasteiger partial charge < -0.3 is 21.1 Å². The minimum absolute atomic E-state index is 0.114. The molecule has 1 aliphatic heterocycles. The van der Waals surface area contributed by atoms with Crippen molar-refractivity contribution in [2.75, 3.05) is 13.1 Å². The van der Waals surface area contributed by atoms with Crippen LogP contribution >= 0.6 is 0 Å². The smallest absolute Gasteiger partial charge is 0.312 e. The summed E-state index contributed by atoms with van der Waals surface area (Å²) < 4.78 is 5.91. The molecule has 1 aromatic carbocycles. The molecule has 0 radical (unpaired) electrons. The Labute approximate surface area is 107 Å². The predicted molar refractivity (Wildman–Crippen MR) is 69.5 cm³/mol. The zero-order valence-electron chi connectivity index (χ0n) is 10.7. The van der Waals surface area contributed by atoms with Gasteiger partial charge in [0.25, 0.3) is 0 Å². The average molecular weight is 249 g/mol. The molecule has 0 saturated heterocycles. The Kier molecular flexibility index (Phi) is 3.43. The van der Waals surface area contributed by atoms with Gasteiger partial charge in [0.15, 0.2) is 0 Å². The normalized spacial score (nSPS) is 20.0. The number of carbonyl (C=O) groups excluding carboxylic acids is 1. The van der Waals surface area contributed by atoms with E-state index in [1.54, 1.807) is 0 Å². The second-order valence-corrected chi connectivity index (χ2v) is 4.92. The summed E-state index contributed by atoms with van der Waals surface area (Å²) >= 11 is 0. The molecule has 0 bridgehead atoms. The number of nitrogens with two attached hydrogens (primary N) is 1. The fraction of sp³-hybridized carbons (Fsp3) is 0.462. The minimum atomic E-state index is -0.501. The number of hydrogen-bond donors (Lipinski definition) is 3. The molecule has 5 heteroatoms. The molecule has 1 aliphatic rings. The highest BCUT2D eigenvalue weighted by molar-refractivity contribution is 5.71. The summed E-state index contributed by atoms with van der Waals surface area (Å²) in [4.78, 5) is 10.6. The minimum Gasteiger partial charge on any atom is -0.486 e. The first-order valence-corrected chi connectivity index (χ1v) is 6.05. The number of urea groups is 1. The summed E-state index contributed by atoms with van der Waals surface area (Å²) in [5.74, 6) is 0.919. The monoisotopic (exact) mass is 249 g/mol. The molecule has 0 spiro atoms. The molecule has 1 aromatic rings. The van der Waals surface area contributed by atoms with Crippen LogP contribution in [0.3, 0.4) is 0 Å². The third-order valence-electron chi connectivity index (χ3n) is 3.07. The van der Waals surface area contributed by atoms with Crippen LogP contribution in [0.5, 0.6) is 5.75 Å². The van der Waals surface area contributed by atoms with Gasteiger partial charge in [-0.2, -0.15) is 0 Å². The number of carbonyl (C=O) groups is 1. The molecule has 5 nitrogen and oxygen atoms in total. The fourth-order valence-electron chi connectivity index (χ4n) is 2.29. The summed E-state index contributed by atoms with van der Waals surface area (Å²) in [6, 6.07) is 7.61. The summed E-state index contributed by atoms with van der Waals surface area (Å²) in [7, 11) is 0. The van der Waals surface area contributed by atoms with Crippen LogP contribution in [0.15, 0.2) is 24.3 Å². The molecule has 1 unspecified atom stereocenters. The van der Waals surface area contributed by atoms with Gasteiger partial charge in [0.1, 0.15) is 11.4 Å². The number of ether oxygens (including phenoxy) is 1. The van der Waals surface area contributed by atoms with E-state index < -0.39 is 6.03 Å². The number of primary amides is 1. The zero-order valence-corrected chi connectivity index (χ0v) is 10.7. The number of hydrogen-bond acceptors (Lipinski definition) is 3. The van der Waals surface area contributed by atoms with Crippen LogP contribution in [-0.4, -0.2) is 24.7 Å². The van der Waals surface area contributed by atoms with Crippen LogP contribution in [-0.2, 0) is 0 Å². The van der Waals surface area contributed by atoms with E-state index in [4.69, 9.17) is 10.5 Å². The average Bonchev–Trinajstić information content (AvgIpc) is 2.54. The second kappa shape index (κ2) is 4.86. The lowest BCUT2D eigenvalue weighted by atomic mass is 9.94. The maximum Gasteiger partial charge on any atom is 0.312 e. The molecular weight excluding hydrogens is 230 g/mol. The van der Waals surface area contributed by atoms with Crippen molar-refractivity contribution in [2.24, 2.45) is 5.73 Å². The van der Waals surface area contributed by atoms with E-state index in [1.165, 1.54) is 0 Å². The first kappa shape index (κ1) is 12.7. The van der Waals surface area contributed by atoms with Gasteiger partial charge in [0.2, 0.25) is 0 Å². The molecule has 1 heterocycles. The predicted octanol–water partition coefficient (Wildman–Crippen LogP) is 1.16. The van der Waals surface area contributed by atoms with E-state index in [-0.39, 0.29) is 11.6 Å². The second-order valence-electron chi connectivity index (χ2n) is 4.92. The summed E-state index contributed by atoms with van der Waals surface area (Å²) in [6.45, 7) is 5.25. The van der Waals surface area contributed by atoms with Gasteiger partial charge in [-0.25, -0.2) is 4.79 Å². The summed E-state index contributed by atoms with van der Waals surface area (Å²) in [5.41, 5.74) is 5.87. The number of amides is 2. The molecule has 0 fully saturated rings. The van der Waals surface area contributed by atoms with Crippen molar-refractivity contribution in [3.8, 4) is 5.75 Å². The fourth-order valence-corrected chi connectivity index (χ4v) is 2.29. The molecule has 0 aromatic heterocycles. The van der Waals surface area contributed by atoms with Gasteiger partial charge in [-0.05, 0) is 19.9 Å². The molecule has 2 amide bonds. The molecule has 4 N–H and O–H groups in total. The van der Waals surface area contributed by atoms with E-state index in [0.717, 1.165) is 11.3 Å². The molecule has 98 valence electrons. The molecule has 0 saturated carbocycles. The van der Waals surface area contributed by atoms with Crippen LogP contribution in [0.1, 0.15) is 25.5 Å². The maximum absolute atomic E-state index is 10.6. The van der Waals surface area contributed by atoms with Crippen molar-refractivity contribution in [1.82, 2.24) is 10.6 Å². The van der Waals surface area contributed by atoms with E-state index in [9.17, 15) is 4.79 Å². The van der Waals surface area contributed by atoms with E-state index >= 15 is 0 Å². The SMILES string of the molecule is CC1(C)Oc2ccccc2C1NCCNC(N)=O. The maximum atomic E-state index is 10.6. The molecule has 0 aliphatic carbocycles. The lowest BCUT2D eigenvalue weighted by Gasteiger charge is -2.27. The summed E-state index contributed by atoms with van der Waals surface area (Å²) in [6.07, 6.45) is 0. The van der Waals surface area contributed by atoms with Crippen molar-refractivity contribution in [3.05, 3.63) is 29.8 Å². The topological polar surface area (TPSA) is 76.4 Å². The Morgan fingerprint density at radius 1 is 1.39 bits per heavy atom. The van der Waals surface area contributed by atoms with Gasteiger partial charge in [-0.3, -0.25) is 0 Å². The van der Waals surface area contributed by atoms with E-state index in [0.29, 0.717) is 13.1 Å². The highest BCUT2D eigenvalue weighted by Crippen LogP contribution is 2.42. The van der Waals surface area contributed by atoms with E-state index in [1.807, 2.05) is 32.0 Å². The summed E-state index contributed by atoms with van der Waals surface area (Å²) in [5, 5.41) is 5.94. The Morgan fingerprint density at radius 2 is 2.11 bits per heavy atom. The lowest BCUT2D eigenvalue weighted by Crippen LogP contribution is -2.42. The van der Waals surface area contributed by atoms with Crippen molar-refractivity contribution in [2.45, 2.75) is 25.5 Å². The Balaban J connectivity index is 2.00. The van der Waals surface area contributed by atoms with E-state index in [2.05, 4.69) is 16.7 Å². The number of fused-ring (bicyclic) bond motifs is 1. The van der Waals surface area contributed by atoms with Crippen LogP contribution in [0.25, 0.3) is 0 Å².